The van der Waals surface area contributed by atoms with Gasteiger partial charge in [0.15, 0.2) is 5.76 Å². The average Bonchev–Trinajstić information content (AvgIpc) is 3.23. The number of hydrogen-bond donors (Lipinski definition) is 0. The van der Waals surface area contributed by atoms with E-state index in [1.807, 2.05) is 11.2 Å². The molecule has 0 radical (unpaired) electrons. The van der Waals surface area contributed by atoms with Crippen LogP contribution in [0, 0.1) is 0 Å². The number of thioether (sulfide) groups is 1. The summed E-state index contributed by atoms with van der Waals surface area (Å²) in [7, 11) is 0. The predicted octanol–water partition coefficient (Wildman–Crippen LogP) is 4.16. The first-order valence-electron chi connectivity index (χ1n) is 8.82. The van der Waals surface area contributed by atoms with Crippen molar-refractivity contribution in [3.63, 3.8) is 0 Å². The lowest BCUT2D eigenvalue weighted by atomic mass is 10.1. The van der Waals surface area contributed by atoms with E-state index in [-0.39, 0.29) is 5.91 Å². The van der Waals surface area contributed by atoms with E-state index in [2.05, 4.69) is 34.1 Å². The van der Waals surface area contributed by atoms with Crippen LogP contribution in [-0.4, -0.2) is 53.1 Å². The van der Waals surface area contributed by atoms with Gasteiger partial charge < -0.3 is 9.32 Å². The Morgan fingerprint density at radius 1 is 1.22 bits per heavy atom. The van der Waals surface area contributed by atoms with Gasteiger partial charge in [-0.05, 0) is 36.6 Å². The molecule has 4 rings (SSSR count). The number of halogens is 1. The highest BCUT2D eigenvalue weighted by atomic mass is 35.5. The second kappa shape index (κ2) is 7.92. The molecule has 0 bridgehead atoms. The van der Waals surface area contributed by atoms with E-state index in [4.69, 9.17) is 16.0 Å². The van der Waals surface area contributed by atoms with Gasteiger partial charge in [-0.2, -0.15) is 0 Å². The molecule has 1 aromatic carbocycles. The number of fused-ring (bicyclic) bond motifs is 1. The third kappa shape index (κ3) is 3.98. The Labute approximate surface area is 167 Å². The van der Waals surface area contributed by atoms with Gasteiger partial charge in [-0.25, -0.2) is 4.98 Å². The summed E-state index contributed by atoms with van der Waals surface area (Å²) >= 11 is 8.14. The normalized spacial score (nSPS) is 15.4. The van der Waals surface area contributed by atoms with E-state index in [1.165, 1.54) is 11.2 Å². The highest BCUT2D eigenvalue weighted by Crippen LogP contribution is 2.26. The minimum absolute atomic E-state index is 0.0466. The summed E-state index contributed by atoms with van der Waals surface area (Å²) in [4.78, 5) is 22.2. The fraction of sp³-hybridized carbons (Fsp3) is 0.300. The number of carbonyl (C=O) groups excluding carboxylic acids is 1. The summed E-state index contributed by atoms with van der Waals surface area (Å²) in [5.74, 6) is 0.351. The van der Waals surface area contributed by atoms with Gasteiger partial charge in [0.1, 0.15) is 5.15 Å². The number of nitrogens with zero attached hydrogens (tertiary/aromatic N) is 3. The van der Waals surface area contributed by atoms with Crippen LogP contribution in [0.5, 0.6) is 0 Å². The summed E-state index contributed by atoms with van der Waals surface area (Å²) in [5.41, 5.74) is 1.94. The zero-order chi connectivity index (χ0) is 18.8. The quantitative estimate of drug-likeness (QED) is 0.485. The van der Waals surface area contributed by atoms with Gasteiger partial charge >= 0.3 is 0 Å². The zero-order valence-electron chi connectivity index (χ0n) is 15.0. The SMILES string of the molecule is CSc1ccc2cc(CN3CCN(C(=O)c4ccco4)CC3)c(Cl)nc2c1. The molecule has 7 heteroatoms. The monoisotopic (exact) mass is 401 g/mol. The van der Waals surface area contributed by atoms with Crippen LogP contribution in [0.25, 0.3) is 10.9 Å². The molecule has 3 aromatic rings. The molecular weight excluding hydrogens is 382 g/mol. The lowest BCUT2D eigenvalue weighted by Gasteiger charge is -2.34. The van der Waals surface area contributed by atoms with E-state index < -0.39 is 0 Å². The summed E-state index contributed by atoms with van der Waals surface area (Å²) < 4.78 is 5.21. The van der Waals surface area contributed by atoms with Crippen LogP contribution < -0.4 is 0 Å². The predicted molar refractivity (Wildman–Crippen MR) is 108 cm³/mol. The van der Waals surface area contributed by atoms with Gasteiger partial charge in [-0.15, -0.1) is 11.8 Å². The molecule has 1 aliphatic rings. The minimum Gasteiger partial charge on any atom is -0.459 e. The van der Waals surface area contributed by atoms with Crippen molar-refractivity contribution in [3.8, 4) is 0 Å². The fourth-order valence-corrected chi connectivity index (χ4v) is 3.95. The second-order valence-electron chi connectivity index (χ2n) is 6.54. The molecule has 1 aliphatic heterocycles. The zero-order valence-corrected chi connectivity index (χ0v) is 16.6. The molecule has 1 saturated heterocycles. The van der Waals surface area contributed by atoms with Crippen molar-refractivity contribution in [2.24, 2.45) is 0 Å². The van der Waals surface area contributed by atoms with Gasteiger partial charge in [0.2, 0.25) is 0 Å². The van der Waals surface area contributed by atoms with Gasteiger partial charge in [0.05, 0.1) is 11.8 Å². The van der Waals surface area contributed by atoms with Crippen LogP contribution in [0.4, 0.5) is 0 Å². The topological polar surface area (TPSA) is 49.6 Å². The number of hydrogen-bond acceptors (Lipinski definition) is 5. The Balaban J connectivity index is 1.43. The third-order valence-corrected chi connectivity index (χ3v) is 5.89. The second-order valence-corrected chi connectivity index (χ2v) is 7.78. The van der Waals surface area contributed by atoms with Crippen molar-refractivity contribution in [3.05, 3.63) is 59.1 Å². The van der Waals surface area contributed by atoms with Crippen molar-refractivity contribution in [2.45, 2.75) is 11.4 Å². The van der Waals surface area contributed by atoms with Crippen LogP contribution in [0.3, 0.4) is 0 Å². The summed E-state index contributed by atoms with van der Waals surface area (Å²) in [6.07, 6.45) is 3.58. The Hall–Kier alpha value is -2.02. The van der Waals surface area contributed by atoms with E-state index >= 15 is 0 Å². The molecule has 0 spiro atoms. The van der Waals surface area contributed by atoms with Gasteiger partial charge in [0, 0.05) is 48.6 Å². The van der Waals surface area contributed by atoms with Gasteiger partial charge in [-0.1, -0.05) is 17.7 Å². The largest absolute Gasteiger partial charge is 0.459 e. The average molecular weight is 402 g/mol. The fourth-order valence-electron chi connectivity index (χ4n) is 3.31. The van der Waals surface area contributed by atoms with Crippen LogP contribution in [0.2, 0.25) is 5.15 Å². The minimum atomic E-state index is -0.0466. The van der Waals surface area contributed by atoms with E-state index in [0.29, 0.717) is 24.0 Å². The highest BCUT2D eigenvalue weighted by Gasteiger charge is 2.24. The molecule has 140 valence electrons. The summed E-state index contributed by atoms with van der Waals surface area (Å²) in [5, 5.41) is 1.65. The van der Waals surface area contributed by atoms with Crippen molar-refractivity contribution >= 4 is 40.2 Å². The maximum atomic E-state index is 12.4. The third-order valence-electron chi connectivity index (χ3n) is 4.84. The van der Waals surface area contributed by atoms with Crippen LogP contribution in [0.15, 0.2) is 52.0 Å². The molecule has 0 N–H and O–H groups in total. The molecule has 2 aromatic heterocycles. The Kier molecular flexibility index (Phi) is 5.38. The Morgan fingerprint density at radius 2 is 2.04 bits per heavy atom. The maximum absolute atomic E-state index is 12.4. The Morgan fingerprint density at radius 3 is 2.74 bits per heavy atom. The molecule has 0 atom stereocenters. The molecule has 3 heterocycles. The molecule has 1 amide bonds. The smallest absolute Gasteiger partial charge is 0.289 e. The lowest BCUT2D eigenvalue weighted by Crippen LogP contribution is -2.48. The van der Waals surface area contributed by atoms with Crippen molar-refractivity contribution in [2.75, 3.05) is 32.4 Å². The molecule has 0 saturated carbocycles. The summed E-state index contributed by atoms with van der Waals surface area (Å²) in [6, 6.07) is 11.8. The number of pyridine rings is 1. The van der Waals surface area contributed by atoms with Crippen molar-refractivity contribution in [1.29, 1.82) is 0 Å². The van der Waals surface area contributed by atoms with E-state index in [1.54, 1.807) is 23.9 Å². The molecule has 1 fully saturated rings. The molecule has 5 nitrogen and oxygen atoms in total. The first kappa shape index (κ1) is 18.3. The highest BCUT2D eigenvalue weighted by molar-refractivity contribution is 7.98. The lowest BCUT2D eigenvalue weighted by molar-refractivity contribution is 0.0598. The number of aromatic nitrogens is 1. The number of rotatable bonds is 4. The summed E-state index contributed by atoms with van der Waals surface area (Å²) in [6.45, 7) is 3.68. The van der Waals surface area contributed by atoms with Crippen LogP contribution in [0.1, 0.15) is 16.1 Å². The van der Waals surface area contributed by atoms with E-state index in [9.17, 15) is 4.79 Å². The first-order chi connectivity index (χ1) is 13.1. The molecule has 0 unspecified atom stereocenters. The van der Waals surface area contributed by atoms with Gasteiger partial charge in [-0.3, -0.25) is 9.69 Å². The van der Waals surface area contributed by atoms with Crippen LogP contribution in [-0.2, 0) is 6.54 Å². The van der Waals surface area contributed by atoms with Crippen molar-refractivity contribution < 1.29 is 9.21 Å². The molecule has 0 aliphatic carbocycles. The molecule has 27 heavy (non-hydrogen) atoms. The molecular formula is C20H20ClN3O2S. The first-order valence-corrected chi connectivity index (χ1v) is 10.4. The number of amides is 1. The van der Waals surface area contributed by atoms with Crippen molar-refractivity contribution in [1.82, 2.24) is 14.8 Å². The Bertz CT molecular complexity index is 953. The number of piperazine rings is 1. The number of furan rings is 1. The maximum Gasteiger partial charge on any atom is 0.289 e. The van der Waals surface area contributed by atoms with Gasteiger partial charge in [0.25, 0.3) is 5.91 Å². The standard InChI is InChI=1S/C20H20ClN3O2S/c1-27-16-5-4-14-11-15(19(21)22-17(14)12-16)13-23-6-8-24(9-7-23)20(25)18-3-2-10-26-18/h2-5,10-12H,6-9,13H2,1H3. The van der Waals surface area contributed by atoms with Crippen LogP contribution >= 0.6 is 23.4 Å². The van der Waals surface area contributed by atoms with E-state index in [0.717, 1.165) is 36.1 Å². The number of carbonyl (C=O) groups is 1. The number of benzene rings is 1.